The summed E-state index contributed by atoms with van der Waals surface area (Å²) in [5, 5.41) is 0. The third kappa shape index (κ3) is 10.1. The fourth-order valence-electron chi connectivity index (χ4n) is 1.48. The highest BCUT2D eigenvalue weighted by Crippen LogP contribution is 2.01. The molecule has 0 atom stereocenters. The first kappa shape index (κ1) is 16.5. The molecule has 0 saturated carbocycles. The Morgan fingerprint density at radius 1 is 0.714 bits per heavy atom. The van der Waals surface area contributed by atoms with Crippen molar-refractivity contribution in [2.45, 2.75) is 59.3 Å². The van der Waals surface area contributed by atoms with Gasteiger partial charge in [-0.05, 0) is 38.9 Å². The van der Waals surface area contributed by atoms with Crippen molar-refractivity contribution in [3.8, 4) is 0 Å². The molecule has 14 heavy (non-hydrogen) atoms. The molecule has 0 unspecified atom stereocenters. The lowest BCUT2D eigenvalue weighted by Gasteiger charge is -2.21. The van der Waals surface area contributed by atoms with Gasteiger partial charge in [-0.2, -0.15) is 0 Å². The van der Waals surface area contributed by atoms with E-state index in [1.54, 1.807) is 0 Å². The molecule has 0 aromatic rings. The van der Waals surface area contributed by atoms with E-state index in [4.69, 9.17) is 0 Å². The Morgan fingerprint density at radius 2 is 1.00 bits per heavy atom. The van der Waals surface area contributed by atoms with E-state index in [2.05, 4.69) is 25.7 Å². The van der Waals surface area contributed by atoms with Gasteiger partial charge in [-0.25, -0.2) is 0 Å². The highest BCUT2D eigenvalue weighted by molar-refractivity contribution is 5.75. The van der Waals surface area contributed by atoms with Crippen LogP contribution in [0.25, 0.3) is 0 Å². The molecular weight excluding hydrogens is 169 g/mol. The van der Waals surface area contributed by atoms with E-state index in [0.29, 0.717) is 0 Å². The summed E-state index contributed by atoms with van der Waals surface area (Å²) < 4.78 is 0. The molecule has 1 nitrogen and oxygen atoms in total. The van der Waals surface area contributed by atoms with Crippen LogP contribution >= 0.6 is 0 Å². The van der Waals surface area contributed by atoms with Crippen LogP contribution in [-0.2, 0) is 0 Å². The summed E-state index contributed by atoms with van der Waals surface area (Å²) in [6.45, 7) is 10.8. The van der Waals surface area contributed by atoms with Crippen LogP contribution in [0.15, 0.2) is 0 Å². The molecule has 0 amide bonds. The van der Waals surface area contributed by atoms with Crippen LogP contribution in [0, 0.1) is 0 Å². The van der Waals surface area contributed by atoms with Crippen molar-refractivity contribution in [1.82, 2.24) is 4.90 Å². The third-order valence-corrected chi connectivity index (χ3v) is 2.48. The van der Waals surface area contributed by atoms with E-state index in [-0.39, 0.29) is 9.84 Å². The Bertz CT molecular complexity index is 82.6. The molecule has 0 bridgehead atoms. The van der Waals surface area contributed by atoms with Gasteiger partial charge in [0.15, 0.2) is 0 Å². The molecule has 0 heterocycles. The quantitative estimate of drug-likeness (QED) is 0.512. The van der Waals surface area contributed by atoms with Crippen LogP contribution in [0.1, 0.15) is 60.7 Å². The summed E-state index contributed by atoms with van der Waals surface area (Å²) in [6.07, 6.45) is 8.09. The van der Waals surface area contributed by atoms with Crippen molar-refractivity contribution in [2.24, 2.45) is 0 Å². The van der Waals surface area contributed by atoms with Gasteiger partial charge in [-0.1, -0.05) is 40.0 Å². The predicted molar refractivity (Wildman–Crippen MR) is 69.0 cm³/mol. The van der Waals surface area contributed by atoms with Crippen LogP contribution in [-0.4, -0.2) is 32.9 Å². The van der Waals surface area contributed by atoms with Gasteiger partial charge in [-0.15, -0.1) is 0 Å². The highest BCUT2D eigenvalue weighted by atomic mass is 15.1. The maximum atomic E-state index is 2.64. The molecule has 0 aliphatic heterocycles. The number of rotatable bonds is 9. The Hall–Kier alpha value is 0.0249. The van der Waals surface area contributed by atoms with Gasteiger partial charge in [0.25, 0.3) is 0 Å². The monoisotopic (exact) mass is 198 g/mol. The van der Waals surface area contributed by atoms with Crippen molar-refractivity contribution >= 4 is 8.41 Å². The maximum Gasteiger partial charge on any atom is 0 e. The Morgan fingerprint density at radius 3 is 1.21 bits per heavy atom. The van der Waals surface area contributed by atoms with Gasteiger partial charge in [0.1, 0.15) is 0 Å². The fourth-order valence-corrected chi connectivity index (χ4v) is 1.48. The van der Waals surface area contributed by atoms with E-state index in [9.17, 15) is 0 Å². The average molecular weight is 198 g/mol. The second-order valence-electron chi connectivity index (χ2n) is 3.90. The zero-order chi connectivity index (χ0) is 9.94. The zero-order valence-electron chi connectivity index (χ0n) is 10.4. The first-order valence-electron chi connectivity index (χ1n) is 6.07. The van der Waals surface area contributed by atoms with Gasteiger partial charge in [0, 0.05) is 9.84 Å². The lowest BCUT2D eigenvalue weighted by atomic mass is 10.2. The largest absolute Gasteiger partial charge is 0.303 e. The van der Waals surface area contributed by atoms with Crippen LogP contribution < -0.4 is 0 Å². The van der Waals surface area contributed by atoms with Crippen molar-refractivity contribution in [2.75, 3.05) is 19.6 Å². The summed E-state index contributed by atoms with van der Waals surface area (Å²) in [6, 6.07) is 0. The predicted octanol–water partition coefficient (Wildman–Crippen LogP) is 3.55. The normalized spacial score (nSPS) is 10.3. The van der Waals surface area contributed by atoms with E-state index in [0.717, 1.165) is 0 Å². The molecule has 0 aromatic heterocycles. The Kier molecular flexibility index (Phi) is 15.3. The molecule has 0 saturated heterocycles. The summed E-state index contributed by atoms with van der Waals surface area (Å²) in [4.78, 5) is 2.64. The molecular formula is C12H29BN. The Labute approximate surface area is 94.3 Å². The molecule has 0 aliphatic rings. The molecule has 2 heteroatoms. The van der Waals surface area contributed by atoms with Gasteiger partial charge < -0.3 is 4.90 Å². The molecule has 0 spiro atoms. The first-order valence-corrected chi connectivity index (χ1v) is 6.07. The standard InChI is InChI=1S/C12H27N.B.H2/c1-4-7-10-13(11-8-5-2)12-9-6-3;;/h4-12H2,1-3H3;;1H. The Balaban J connectivity index is -0.000000720. The number of unbranched alkanes of at least 4 members (excludes halogenated alkanes) is 3. The molecule has 85 valence electrons. The smallest absolute Gasteiger partial charge is 0 e. The molecule has 0 fully saturated rings. The first-order chi connectivity index (χ1) is 6.35. The van der Waals surface area contributed by atoms with Crippen molar-refractivity contribution in [1.29, 1.82) is 0 Å². The minimum Gasteiger partial charge on any atom is -0.303 e. The molecule has 0 aromatic carbocycles. The maximum absolute atomic E-state index is 2.64. The topological polar surface area (TPSA) is 3.24 Å². The number of hydrogen-bond acceptors (Lipinski definition) is 1. The second-order valence-corrected chi connectivity index (χ2v) is 3.90. The highest BCUT2D eigenvalue weighted by Gasteiger charge is 2.01. The average Bonchev–Trinajstić information content (AvgIpc) is 2.17. The van der Waals surface area contributed by atoms with Crippen molar-refractivity contribution in [3.63, 3.8) is 0 Å². The molecule has 0 N–H and O–H groups in total. The third-order valence-electron chi connectivity index (χ3n) is 2.48. The SMILES string of the molecule is CCCCN(CCCC)CCCC.[B].[HH]. The van der Waals surface area contributed by atoms with E-state index < -0.39 is 0 Å². The zero-order valence-corrected chi connectivity index (χ0v) is 10.4. The van der Waals surface area contributed by atoms with Gasteiger partial charge in [-0.3, -0.25) is 0 Å². The van der Waals surface area contributed by atoms with Crippen molar-refractivity contribution in [3.05, 3.63) is 0 Å². The van der Waals surface area contributed by atoms with E-state index in [1.807, 2.05) is 0 Å². The molecule has 0 rings (SSSR count). The molecule has 3 radical (unpaired) electrons. The lowest BCUT2D eigenvalue weighted by molar-refractivity contribution is 0.261. The van der Waals surface area contributed by atoms with Crippen molar-refractivity contribution < 1.29 is 1.43 Å². The van der Waals surface area contributed by atoms with Gasteiger partial charge in [0.2, 0.25) is 0 Å². The summed E-state index contributed by atoms with van der Waals surface area (Å²) in [5.74, 6) is 0. The lowest BCUT2D eigenvalue weighted by Crippen LogP contribution is -2.27. The fraction of sp³-hybridized carbons (Fsp3) is 1.00. The van der Waals surface area contributed by atoms with Gasteiger partial charge in [0.05, 0.1) is 0 Å². The van der Waals surface area contributed by atoms with E-state index in [1.165, 1.54) is 58.2 Å². The second kappa shape index (κ2) is 13.0. The molecule has 0 aliphatic carbocycles. The van der Waals surface area contributed by atoms with Crippen LogP contribution in [0.4, 0.5) is 0 Å². The van der Waals surface area contributed by atoms with Crippen LogP contribution in [0.5, 0.6) is 0 Å². The number of nitrogens with zero attached hydrogens (tertiary/aromatic N) is 1. The minimum absolute atomic E-state index is 0. The van der Waals surface area contributed by atoms with E-state index >= 15 is 0 Å². The summed E-state index contributed by atoms with van der Waals surface area (Å²) in [5.41, 5.74) is 0. The van der Waals surface area contributed by atoms with Gasteiger partial charge >= 0.3 is 0 Å². The van der Waals surface area contributed by atoms with Crippen LogP contribution in [0.2, 0.25) is 0 Å². The summed E-state index contributed by atoms with van der Waals surface area (Å²) in [7, 11) is 0. The number of hydrogen-bond donors (Lipinski definition) is 0. The minimum atomic E-state index is 0. The van der Waals surface area contributed by atoms with Crippen LogP contribution in [0.3, 0.4) is 0 Å². The summed E-state index contributed by atoms with van der Waals surface area (Å²) >= 11 is 0.